The molecule has 1 heterocycles. The van der Waals surface area contributed by atoms with Crippen LogP contribution in [-0.4, -0.2) is 38.9 Å². The summed E-state index contributed by atoms with van der Waals surface area (Å²) >= 11 is 0. The van der Waals surface area contributed by atoms with Crippen molar-refractivity contribution in [2.45, 2.75) is 38.0 Å². The van der Waals surface area contributed by atoms with Crippen LogP contribution in [-0.2, 0) is 10.0 Å². The van der Waals surface area contributed by atoms with Crippen LogP contribution in [0.25, 0.3) is 0 Å². The zero-order valence-electron chi connectivity index (χ0n) is 13.2. The number of carbonyl (C=O) groups is 1. The third-order valence-electron chi connectivity index (χ3n) is 4.00. The molecule has 0 bridgehead atoms. The van der Waals surface area contributed by atoms with Gasteiger partial charge >= 0.3 is 0 Å². The maximum Gasteiger partial charge on any atom is 0.253 e. The second kappa shape index (κ2) is 7.24. The molecule has 1 aliphatic rings. The van der Waals surface area contributed by atoms with Gasteiger partial charge in [-0.25, -0.2) is 13.1 Å². The Morgan fingerprint density at radius 1 is 1.32 bits per heavy atom. The van der Waals surface area contributed by atoms with Crippen LogP contribution in [0.5, 0.6) is 0 Å². The van der Waals surface area contributed by atoms with Gasteiger partial charge in [-0.05, 0) is 43.4 Å². The highest BCUT2D eigenvalue weighted by Gasteiger charge is 2.22. The number of hydrogen-bond acceptors (Lipinski definition) is 3. The molecule has 0 saturated carbocycles. The van der Waals surface area contributed by atoms with Crippen molar-refractivity contribution < 1.29 is 13.2 Å². The van der Waals surface area contributed by atoms with Crippen LogP contribution in [0, 0.1) is 5.92 Å². The molecule has 0 spiro atoms. The Labute approximate surface area is 132 Å². The predicted octanol–water partition coefficient (Wildman–Crippen LogP) is 2.25. The SMILES string of the molecule is CCCNS(=O)(=O)c1cccc(C(=O)N2CCC(C)CC2)c1. The van der Waals surface area contributed by atoms with Gasteiger partial charge < -0.3 is 4.90 Å². The molecule has 5 nitrogen and oxygen atoms in total. The first kappa shape index (κ1) is 17.0. The van der Waals surface area contributed by atoms with Gasteiger partial charge in [-0.1, -0.05) is 19.9 Å². The van der Waals surface area contributed by atoms with Crippen molar-refractivity contribution in [2.75, 3.05) is 19.6 Å². The maximum atomic E-state index is 12.5. The van der Waals surface area contributed by atoms with E-state index in [0.717, 1.165) is 32.4 Å². The normalized spacial score (nSPS) is 16.7. The van der Waals surface area contributed by atoms with Gasteiger partial charge in [0.25, 0.3) is 5.91 Å². The van der Waals surface area contributed by atoms with Crippen LogP contribution in [0.3, 0.4) is 0 Å². The van der Waals surface area contributed by atoms with E-state index >= 15 is 0 Å². The Kier molecular flexibility index (Phi) is 5.58. The number of nitrogens with zero attached hydrogens (tertiary/aromatic N) is 1. The highest BCUT2D eigenvalue weighted by Crippen LogP contribution is 2.19. The highest BCUT2D eigenvalue weighted by atomic mass is 32.2. The molecule has 22 heavy (non-hydrogen) atoms. The fourth-order valence-electron chi connectivity index (χ4n) is 2.51. The lowest BCUT2D eigenvalue weighted by Crippen LogP contribution is -2.38. The van der Waals surface area contributed by atoms with Gasteiger partial charge in [-0.3, -0.25) is 4.79 Å². The largest absolute Gasteiger partial charge is 0.339 e. The van der Waals surface area contributed by atoms with Gasteiger partial charge in [0.2, 0.25) is 10.0 Å². The van der Waals surface area contributed by atoms with Crippen molar-refractivity contribution in [3.63, 3.8) is 0 Å². The second-order valence-electron chi connectivity index (χ2n) is 5.90. The van der Waals surface area contributed by atoms with Crippen LogP contribution in [0.1, 0.15) is 43.5 Å². The van der Waals surface area contributed by atoms with E-state index in [-0.39, 0.29) is 10.8 Å². The minimum absolute atomic E-state index is 0.0839. The summed E-state index contributed by atoms with van der Waals surface area (Å²) in [6, 6.07) is 6.30. The van der Waals surface area contributed by atoms with Gasteiger partial charge in [0.15, 0.2) is 0 Å². The molecule has 1 aromatic rings. The first-order chi connectivity index (χ1) is 10.4. The van der Waals surface area contributed by atoms with E-state index in [1.807, 2.05) is 11.8 Å². The van der Waals surface area contributed by atoms with Crippen molar-refractivity contribution in [2.24, 2.45) is 5.92 Å². The van der Waals surface area contributed by atoms with Crippen LogP contribution in [0.2, 0.25) is 0 Å². The molecule has 6 heteroatoms. The molecule has 0 aromatic heterocycles. The van der Waals surface area contributed by atoms with Gasteiger partial charge in [0.1, 0.15) is 0 Å². The van der Waals surface area contributed by atoms with Gasteiger partial charge in [-0.2, -0.15) is 0 Å². The molecule has 0 atom stereocenters. The van der Waals surface area contributed by atoms with E-state index < -0.39 is 10.0 Å². The summed E-state index contributed by atoms with van der Waals surface area (Å²) in [5.41, 5.74) is 0.439. The molecule has 1 amide bonds. The summed E-state index contributed by atoms with van der Waals surface area (Å²) in [7, 11) is -3.54. The number of hydrogen-bond donors (Lipinski definition) is 1. The van der Waals surface area contributed by atoms with Gasteiger partial charge in [0, 0.05) is 25.2 Å². The number of rotatable bonds is 5. The summed E-state index contributed by atoms with van der Waals surface area (Å²) in [5.74, 6) is 0.563. The zero-order chi connectivity index (χ0) is 16.2. The minimum Gasteiger partial charge on any atom is -0.339 e. The van der Waals surface area contributed by atoms with Crippen LogP contribution >= 0.6 is 0 Å². The molecule has 0 aliphatic carbocycles. The Balaban J connectivity index is 2.16. The maximum absolute atomic E-state index is 12.5. The van der Waals surface area contributed by atoms with Crippen LogP contribution in [0.4, 0.5) is 0 Å². The summed E-state index contributed by atoms with van der Waals surface area (Å²) in [5, 5.41) is 0. The molecule has 1 fully saturated rings. The average Bonchev–Trinajstić information content (AvgIpc) is 2.53. The first-order valence-corrected chi connectivity index (χ1v) is 9.31. The van der Waals surface area contributed by atoms with E-state index in [2.05, 4.69) is 11.6 Å². The minimum atomic E-state index is -3.54. The molecule has 2 rings (SSSR count). The van der Waals surface area contributed by atoms with Crippen LogP contribution < -0.4 is 4.72 Å². The summed E-state index contributed by atoms with van der Waals surface area (Å²) in [6.07, 6.45) is 2.73. The lowest BCUT2D eigenvalue weighted by atomic mass is 9.98. The topological polar surface area (TPSA) is 66.5 Å². The van der Waals surface area contributed by atoms with Gasteiger partial charge in [-0.15, -0.1) is 0 Å². The molecule has 1 N–H and O–H groups in total. The number of likely N-dealkylation sites (tertiary alicyclic amines) is 1. The predicted molar refractivity (Wildman–Crippen MR) is 86.2 cm³/mol. The molecular formula is C16H24N2O3S. The van der Waals surface area contributed by atoms with E-state index in [4.69, 9.17) is 0 Å². The monoisotopic (exact) mass is 324 g/mol. The van der Waals surface area contributed by atoms with Crippen LogP contribution in [0.15, 0.2) is 29.2 Å². The number of amides is 1. The second-order valence-corrected chi connectivity index (χ2v) is 7.67. The Morgan fingerprint density at radius 2 is 2.00 bits per heavy atom. The number of benzene rings is 1. The zero-order valence-corrected chi connectivity index (χ0v) is 14.0. The lowest BCUT2D eigenvalue weighted by Gasteiger charge is -2.30. The van der Waals surface area contributed by atoms with Gasteiger partial charge in [0.05, 0.1) is 4.90 Å². The lowest BCUT2D eigenvalue weighted by molar-refractivity contribution is 0.0697. The van der Waals surface area contributed by atoms with Crippen molar-refractivity contribution in [1.82, 2.24) is 9.62 Å². The van der Waals surface area contributed by atoms with Crippen molar-refractivity contribution in [3.05, 3.63) is 29.8 Å². The fourth-order valence-corrected chi connectivity index (χ4v) is 3.69. The van der Waals surface area contributed by atoms with Crippen molar-refractivity contribution in [1.29, 1.82) is 0 Å². The number of piperidine rings is 1. The molecule has 1 aromatic carbocycles. The molecular weight excluding hydrogens is 300 g/mol. The molecule has 122 valence electrons. The summed E-state index contributed by atoms with van der Waals surface area (Å²) < 4.78 is 26.8. The molecule has 1 aliphatic heterocycles. The van der Waals surface area contributed by atoms with E-state index in [0.29, 0.717) is 18.0 Å². The number of nitrogens with one attached hydrogen (secondary N) is 1. The average molecular weight is 324 g/mol. The van der Waals surface area contributed by atoms with Crippen molar-refractivity contribution in [3.8, 4) is 0 Å². The quantitative estimate of drug-likeness (QED) is 0.903. The summed E-state index contributed by atoms with van der Waals surface area (Å²) in [4.78, 5) is 14.5. The number of carbonyl (C=O) groups excluding carboxylic acids is 1. The van der Waals surface area contributed by atoms with Crippen molar-refractivity contribution >= 4 is 15.9 Å². The molecule has 0 radical (unpaired) electrons. The summed E-state index contributed by atoms with van der Waals surface area (Å²) in [6.45, 7) is 5.97. The van der Waals surface area contributed by atoms with E-state index in [1.54, 1.807) is 12.1 Å². The standard InChI is InChI=1S/C16H24N2O3S/c1-3-9-17-22(20,21)15-6-4-5-14(12-15)16(19)18-10-7-13(2)8-11-18/h4-6,12-13,17H,3,7-11H2,1-2H3. The number of sulfonamides is 1. The Morgan fingerprint density at radius 3 is 2.64 bits per heavy atom. The Hall–Kier alpha value is -1.40. The molecule has 1 saturated heterocycles. The fraction of sp³-hybridized carbons (Fsp3) is 0.562. The third kappa shape index (κ3) is 4.08. The highest BCUT2D eigenvalue weighted by molar-refractivity contribution is 7.89. The third-order valence-corrected chi connectivity index (χ3v) is 5.46. The van der Waals surface area contributed by atoms with E-state index in [9.17, 15) is 13.2 Å². The smallest absolute Gasteiger partial charge is 0.253 e. The molecule has 0 unspecified atom stereocenters. The Bertz CT molecular complexity index is 620. The van der Waals surface area contributed by atoms with E-state index in [1.165, 1.54) is 12.1 Å². The first-order valence-electron chi connectivity index (χ1n) is 7.83.